The van der Waals surface area contributed by atoms with Gasteiger partial charge in [0.1, 0.15) is 0 Å². The number of hydrogen-bond donors (Lipinski definition) is 1. The molecule has 7 rings (SSSR count). The molecule has 2 aliphatic heterocycles. The predicted octanol–water partition coefficient (Wildman–Crippen LogP) is 5.70. The molecule has 3 heterocycles. The molecule has 3 aliphatic carbocycles. The highest BCUT2D eigenvalue weighted by molar-refractivity contribution is 5.86. The van der Waals surface area contributed by atoms with Crippen molar-refractivity contribution >= 4 is 10.9 Å². The van der Waals surface area contributed by atoms with E-state index >= 15 is 0 Å². The van der Waals surface area contributed by atoms with E-state index in [1.807, 2.05) is 4.90 Å². The van der Waals surface area contributed by atoms with Crippen LogP contribution in [0.2, 0.25) is 0 Å². The summed E-state index contributed by atoms with van der Waals surface area (Å²) in [6.45, 7) is 3.99. The molecule has 7 atom stereocenters. The molecular formula is C30H35N3O. The topological polar surface area (TPSA) is 52.2 Å². The Morgan fingerprint density at radius 3 is 2.82 bits per heavy atom. The Balaban J connectivity index is 1.45. The Labute approximate surface area is 202 Å². The Kier molecular flexibility index (Phi) is 4.44. The monoisotopic (exact) mass is 453 g/mol. The third-order valence-electron chi connectivity index (χ3n) is 10.6. The van der Waals surface area contributed by atoms with E-state index in [0.29, 0.717) is 23.8 Å². The van der Waals surface area contributed by atoms with Crippen LogP contribution in [0, 0.1) is 34.1 Å². The minimum absolute atomic E-state index is 0.00607. The van der Waals surface area contributed by atoms with E-state index in [9.17, 15) is 10.4 Å². The largest absolute Gasteiger partial charge is 0.393 e. The molecule has 3 unspecified atom stereocenters. The van der Waals surface area contributed by atoms with E-state index in [4.69, 9.17) is 0 Å². The van der Waals surface area contributed by atoms with Crippen LogP contribution in [0.15, 0.2) is 48.6 Å². The van der Waals surface area contributed by atoms with Gasteiger partial charge in [0, 0.05) is 46.9 Å². The summed E-state index contributed by atoms with van der Waals surface area (Å²) in [5.74, 6) is 1.55. The van der Waals surface area contributed by atoms with Gasteiger partial charge >= 0.3 is 0 Å². The number of allylic oxidation sites excluding steroid dienone is 4. The van der Waals surface area contributed by atoms with Crippen molar-refractivity contribution in [1.29, 1.82) is 5.26 Å². The summed E-state index contributed by atoms with van der Waals surface area (Å²) in [4.78, 5) is 2.03. The van der Waals surface area contributed by atoms with Gasteiger partial charge in [-0.1, -0.05) is 49.4 Å². The van der Waals surface area contributed by atoms with Crippen LogP contribution in [0.25, 0.3) is 10.9 Å². The Morgan fingerprint density at radius 2 is 1.94 bits per heavy atom. The fraction of sp³-hybridized carbons (Fsp3) is 0.567. The first-order valence-corrected chi connectivity index (χ1v) is 13.4. The maximum absolute atomic E-state index is 11.1. The summed E-state index contributed by atoms with van der Waals surface area (Å²) in [6, 6.07) is 9.33. The predicted molar refractivity (Wildman–Crippen MR) is 134 cm³/mol. The number of aromatic nitrogens is 1. The van der Waals surface area contributed by atoms with Crippen LogP contribution in [-0.4, -0.2) is 33.8 Å². The molecule has 1 aromatic heterocycles. The van der Waals surface area contributed by atoms with E-state index in [2.05, 4.69) is 66.3 Å². The van der Waals surface area contributed by atoms with E-state index in [-0.39, 0.29) is 16.9 Å². The van der Waals surface area contributed by atoms with Crippen molar-refractivity contribution < 1.29 is 5.11 Å². The first-order chi connectivity index (χ1) is 16.6. The molecule has 1 aromatic carbocycles. The second kappa shape index (κ2) is 7.25. The van der Waals surface area contributed by atoms with Crippen LogP contribution in [0.4, 0.5) is 0 Å². The quantitative estimate of drug-likeness (QED) is 0.521. The zero-order valence-corrected chi connectivity index (χ0v) is 20.2. The van der Waals surface area contributed by atoms with E-state index in [0.717, 1.165) is 45.2 Å². The zero-order chi connectivity index (χ0) is 23.1. The first kappa shape index (κ1) is 20.8. The molecule has 0 radical (unpaired) electrons. The van der Waals surface area contributed by atoms with Gasteiger partial charge in [0.05, 0.1) is 12.1 Å². The normalized spacial score (nSPS) is 40.4. The van der Waals surface area contributed by atoms with Gasteiger partial charge < -0.3 is 14.6 Å². The van der Waals surface area contributed by atoms with Crippen LogP contribution in [0.1, 0.15) is 68.7 Å². The van der Waals surface area contributed by atoms with Crippen LogP contribution >= 0.6 is 0 Å². The maximum atomic E-state index is 11.1. The molecule has 4 nitrogen and oxygen atoms in total. The number of benzene rings is 1. The highest BCUT2D eigenvalue weighted by Crippen LogP contribution is 2.76. The Bertz CT molecular complexity index is 1250. The summed E-state index contributed by atoms with van der Waals surface area (Å²) in [5, 5.41) is 22.5. The lowest BCUT2D eigenvalue weighted by molar-refractivity contribution is -0.00259. The van der Waals surface area contributed by atoms with Gasteiger partial charge in [0.2, 0.25) is 0 Å². The van der Waals surface area contributed by atoms with Gasteiger partial charge in [-0.05, 0) is 67.9 Å². The lowest BCUT2D eigenvalue weighted by Gasteiger charge is -2.42. The summed E-state index contributed by atoms with van der Waals surface area (Å²) >= 11 is 0. The summed E-state index contributed by atoms with van der Waals surface area (Å²) in [7, 11) is 0. The number of hydrogen-bond acceptors (Lipinski definition) is 3. The average molecular weight is 454 g/mol. The van der Waals surface area contributed by atoms with Gasteiger partial charge in [0.15, 0.2) is 6.19 Å². The van der Waals surface area contributed by atoms with E-state index in [1.54, 1.807) is 0 Å². The van der Waals surface area contributed by atoms with Gasteiger partial charge in [0.25, 0.3) is 0 Å². The molecule has 34 heavy (non-hydrogen) atoms. The van der Waals surface area contributed by atoms with Crippen molar-refractivity contribution in [2.75, 3.05) is 13.1 Å². The van der Waals surface area contributed by atoms with Gasteiger partial charge in [-0.25, -0.2) is 0 Å². The molecule has 176 valence electrons. The standard InChI is InChI=1S/C30H35N3O/c1-29-18-30(29)16-21-11-10-20-6-2-4-8-25(20)33-26-9-5-3-7-23(26)24(28(21)33)14-15-32(19-31)17-22(30)12-13-27(29)34/h2-9,20-22,25,27,34H,10-18H2,1H3/t20?,21?,22-,25?,27-,29-,30+/m0/s1. The molecule has 0 bridgehead atoms. The molecule has 1 spiro atoms. The smallest absolute Gasteiger partial charge is 0.179 e. The molecule has 0 saturated heterocycles. The molecule has 0 amide bonds. The maximum Gasteiger partial charge on any atom is 0.179 e. The first-order valence-electron chi connectivity index (χ1n) is 13.4. The van der Waals surface area contributed by atoms with E-state index < -0.39 is 0 Å². The van der Waals surface area contributed by atoms with Crippen molar-refractivity contribution in [3.63, 3.8) is 0 Å². The highest BCUT2D eigenvalue weighted by Gasteiger charge is 2.72. The second-order valence-electron chi connectivity index (χ2n) is 12.0. The number of nitriles is 1. The Morgan fingerprint density at radius 1 is 1.09 bits per heavy atom. The third-order valence-corrected chi connectivity index (χ3v) is 10.6. The highest BCUT2D eigenvalue weighted by atomic mass is 16.3. The zero-order valence-electron chi connectivity index (χ0n) is 20.2. The minimum atomic E-state index is -0.202. The van der Waals surface area contributed by atoms with Crippen LogP contribution < -0.4 is 0 Å². The number of aliphatic hydroxyl groups is 1. The number of aliphatic hydroxyl groups excluding tert-OH is 1. The van der Waals surface area contributed by atoms with Gasteiger partial charge in [-0.2, -0.15) is 5.26 Å². The van der Waals surface area contributed by atoms with Crippen molar-refractivity contribution in [3.8, 4) is 6.19 Å². The molecule has 2 fully saturated rings. The average Bonchev–Trinajstić information content (AvgIpc) is 3.41. The number of fused-ring (bicyclic) bond motifs is 5. The van der Waals surface area contributed by atoms with Crippen molar-refractivity contribution in [1.82, 2.24) is 9.47 Å². The summed E-state index contributed by atoms with van der Waals surface area (Å²) < 4.78 is 2.69. The van der Waals surface area contributed by atoms with Gasteiger partial charge in [-0.3, -0.25) is 0 Å². The van der Waals surface area contributed by atoms with Gasteiger partial charge in [-0.15, -0.1) is 0 Å². The molecule has 4 heteroatoms. The number of nitrogens with zero attached hydrogens (tertiary/aromatic N) is 3. The summed E-state index contributed by atoms with van der Waals surface area (Å²) in [6.07, 6.45) is 19.2. The lowest BCUT2D eigenvalue weighted by atomic mass is 9.66. The Hall–Kier alpha value is -2.51. The molecule has 5 aliphatic rings. The SMILES string of the molecule is C[C@@]12C[C@@]13CC1CCC4C=CC=CC4n4c1c(c1ccccc14)CCN(C#N)C[C@@H]3CC[C@@H]2O. The molecule has 1 N–H and O–H groups in total. The minimum Gasteiger partial charge on any atom is -0.393 e. The lowest BCUT2D eigenvalue weighted by Crippen LogP contribution is -2.42. The van der Waals surface area contributed by atoms with Crippen molar-refractivity contribution in [3.05, 3.63) is 59.8 Å². The van der Waals surface area contributed by atoms with Crippen LogP contribution in [-0.2, 0) is 6.42 Å². The third kappa shape index (κ3) is 2.68. The second-order valence-corrected chi connectivity index (χ2v) is 12.0. The molecule has 2 saturated carbocycles. The fourth-order valence-electron chi connectivity index (χ4n) is 8.79. The number of rotatable bonds is 0. The van der Waals surface area contributed by atoms with Crippen molar-refractivity contribution in [2.24, 2.45) is 22.7 Å². The van der Waals surface area contributed by atoms with Crippen LogP contribution in [0.5, 0.6) is 0 Å². The van der Waals surface area contributed by atoms with Crippen molar-refractivity contribution in [2.45, 2.75) is 69.9 Å². The van der Waals surface area contributed by atoms with Crippen LogP contribution in [0.3, 0.4) is 0 Å². The number of para-hydroxylation sites is 1. The molecule has 2 aromatic rings. The van der Waals surface area contributed by atoms with E-state index in [1.165, 1.54) is 35.0 Å². The fourth-order valence-corrected chi connectivity index (χ4v) is 8.79. The summed E-state index contributed by atoms with van der Waals surface area (Å²) in [5.41, 5.74) is 4.52. The molecular weight excluding hydrogens is 418 g/mol.